The average Bonchev–Trinajstić information content (AvgIpc) is 2.60. The predicted octanol–water partition coefficient (Wildman–Crippen LogP) is 2.67. The molecule has 0 bridgehead atoms. The van der Waals surface area contributed by atoms with E-state index in [0.29, 0.717) is 29.1 Å². The van der Waals surface area contributed by atoms with Crippen molar-refractivity contribution in [3.63, 3.8) is 0 Å². The first-order valence-corrected chi connectivity index (χ1v) is 8.06. The summed E-state index contributed by atoms with van der Waals surface area (Å²) in [5.74, 6) is -3.31. The molecule has 1 aliphatic heterocycles. The standard InChI is InChI=1S/C19H20N2O5/c1-4-26-10-21-11(2)15(18(22)23)17(16(12(21)3)19(24)25)14-7-5-13(9-20)6-8-14/h5-8,17H,4,10H2,1-3H3,(H,22,23)(H,24,25). The van der Waals surface area contributed by atoms with Gasteiger partial charge >= 0.3 is 11.9 Å². The second-order valence-electron chi connectivity index (χ2n) is 5.83. The van der Waals surface area contributed by atoms with Crippen molar-refractivity contribution in [2.45, 2.75) is 26.7 Å². The van der Waals surface area contributed by atoms with Gasteiger partial charge in [-0.25, -0.2) is 9.59 Å². The highest BCUT2D eigenvalue weighted by Crippen LogP contribution is 2.41. The van der Waals surface area contributed by atoms with Crippen LogP contribution in [-0.2, 0) is 14.3 Å². The molecule has 136 valence electrons. The quantitative estimate of drug-likeness (QED) is 0.806. The van der Waals surface area contributed by atoms with E-state index in [-0.39, 0.29) is 17.9 Å². The number of carbonyl (C=O) groups is 2. The van der Waals surface area contributed by atoms with Crippen LogP contribution in [0.15, 0.2) is 46.8 Å². The van der Waals surface area contributed by atoms with Crippen molar-refractivity contribution in [1.29, 1.82) is 5.26 Å². The Balaban J connectivity index is 2.68. The Morgan fingerprint density at radius 3 is 2.00 bits per heavy atom. The number of ether oxygens (including phenoxy) is 1. The monoisotopic (exact) mass is 356 g/mol. The molecule has 0 amide bonds. The zero-order chi connectivity index (χ0) is 19.4. The largest absolute Gasteiger partial charge is 0.478 e. The first-order valence-electron chi connectivity index (χ1n) is 8.06. The smallest absolute Gasteiger partial charge is 0.334 e. The lowest BCUT2D eigenvalue weighted by molar-refractivity contribution is -0.133. The fourth-order valence-electron chi connectivity index (χ4n) is 3.12. The molecule has 7 heteroatoms. The summed E-state index contributed by atoms with van der Waals surface area (Å²) in [5, 5.41) is 28.5. The molecule has 0 saturated heterocycles. The minimum absolute atomic E-state index is 0.0163. The number of allylic oxidation sites excluding steroid dienone is 2. The van der Waals surface area contributed by atoms with Gasteiger partial charge in [-0.3, -0.25) is 0 Å². The molecular weight excluding hydrogens is 336 g/mol. The molecular formula is C19H20N2O5. The van der Waals surface area contributed by atoms with E-state index in [1.54, 1.807) is 49.9 Å². The highest BCUT2D eigenvalue weighted by atomic mass is 16.5. The summed E-state index contributed by atoms with van der Waals surface area (Å²) in [6.07, 6.45) is 0. The minimum atomic E-state index is -1.19. The van der Waals surface area contributed by atoms with Crippen molar-refractivity contribution in [2.24, 2.45) is 0 Å². The zero-order valence-corrected chi connectivity index (χ0v) is 14.8. The van der Waals surface area contributed by atoms with Gasteiger partial charge in [0.2, 0.25) is 0 Å². The van der Waals surface area contributed by atoms with Crippen LogP contribution in [0.2, 0.25) is 0 Å². The molecule has 0 fully saturated rings. The number of carboxylic acid groups (broad SMARTS) is 2. The Bertz CT molecular complexity index is 792. The number of hydrogen-bond acceptors (Lipinski definition) is 5. The molecule has 0 saturated carbocycles. The van der Waals surface area contributed by atoms with Gasteiger partial charge < -0.3 is 19.8 Å². The van der Waals surface area contributed by atoms with Gasteiger partial charge in [0.25, 0.3) is 0 Å². The molecule has 2 N–H and O–H groups in total. The lowest BCUT2D eigenvalue weighted by Crippen LogP contribution is -2.35. The molecule has 1 aliphatic rings. The van der Waals surface area contributed by atoms with Crippen molar-refractivity contribution >= 4 is 11.9 Å². The number of aliphatic carboxylic acids is 2. The van der Waals surface area contributed by atoms with Crippen LogP contribution < -0.4 is 0 Å². The van der Waals surface area contributed by atoms with E-state index in [4.69, 9.17) is 10.00 Å². The van der Waals surface area contributed by atoms with Crippen molar-refractivity contribution in [3.05, 3.63) is 57.9 Å². The summed E-state index contributed by atoms with van der Waals surface area (Å²) >= 11 is 0. The number of carboxylic acids is 2. The Hall–Kier alpha value is -3.11. The van der Waals surface area contributed by atoms with Gasteiger partial charge in [0, 0.05) is 18.0 Å². The van der Waals surface area contributed by atoms with Gasteiger partial charge in [0.05, 0.1) is 28.7 Å². The molecule has 0 atom stereocenters. The molecule has 0 radical (unpaired) electrons. The van der Waals surface area contributed by atoms with E-state index in [2.05, 4.69) is 0 Å². The van der Waals surface area contributed by atoms with Gasteiger partial charge in [-0.05, 0) is 38.5 Å². The van der Waals surface area contributed by atoms with Gasteiger partial charge in [-0.2, -0.15) is 5.26 Å². The number of rotatable bonds is 6. The normalized spacial score (nSPS) is 15.2. The Morgan fingerprint density at radius 2 is 1.62 bits per heavy atom. The van der Waals surface area contributed by atoms with Gasteiger partial charge in [0.15, 0.2) is 0 Å². The maximum atomic E-state index is 12.0. The van der Waals surface area contributed by atoms with Crippen LogP contribution in [-0.4, -0.2) is 40.4 Å². The van der Waals surface area contributed by atoms with E-state index < -0.39 is 17.9 Å². The van der Waals surface area contributed by atoms with E-state index >= 15 is 0 Å². The predicted molar refractivity (Wildman–Crippen MR) is 92.9 cm³/mol. The van der Waals surface area contributed by atoms with E-state index in [1.165, 1.54) is 0 Å². The number of nitrogens with zero attached hydrogens (tertiary/aromatic N) is 2. The number of hydrogen-bond donors (Lipinski definition) is 2. The number of benzene rings is 1. The Labute approximate surface area is 151 Å². The molecule has 1 aromatic carbocycles. The van der Waals surface area contributed by atoms with Gasteiger partial charge in [-0.1, -0.05) is 12.1 Å². The van der Waals surface area contributed by atoms with Crippen LogP contribution >= 0.6 is 0 Å². The SMILES string of the molecule is CCOCN1C(C)=C(C(=O)O)C(c2ccc(C#N)cc2)C(C(=O)O)=C1C. The van der Waals surface area contributed by atoms with Crippen LogP contribution in [0.25, 0.3) is 0 Å². The molecule has 26 heavy (non-hydrogen) atoms. The average molecular weight is 356 g/mol. The first kappa shape index (κ1) is 19.2. The topological polar surface area (TPSA) is 111 Å². The lowest BCUT2D eigenvalue weighted by atomic mass is 9.79. The van der Waals surface area contributed by atoms with Crippen LogP contribution in [0.5, 0.6) is 0 Å². The van der Waals surface area contributed by atoms with Crippen LogP contribution in [0, 0.1) is 11.3 Å². The van der Waals surface area contributed by atoms with Gasteiger partial charge in [0.1, 0.15) is 6.73 Å². The Kier molecular flexibility index (Phi) is 5.80. The summed E-state index contributed by atoms with van der Waals surface area (Å²) in [4.78, 5) is 25.5. The van der Waals surface area contributed by atoms with E-state index in [9.17, 15) is 19.8 Å². The fourth-order valence-corrected chi connectivity index (χ4v) is 3.12. The van der Waals surface area contributed by atoms with Crippen molar-refractivity contribution in [3.8, 4) is 6.07 Å². The molecule has 1 aromatic rings. The molecule has 2 rings (SSSR count). The molecule has 1 heterocycles. The second kappa shape index (κ2) is 7.85. The van der Waals surface area contributed by atoms with Gasteiger partial charge in [-0.15, -0.1) is 0 Å². The van der Waals surface area contributed by atoms with Crippen molar-refractivity contribution < 1.29 is 24.5 Å². The highest BCUT2D eigenvalue weighted by molar-refractivity contribution is 5.98. The fraction of sp³-hybridized carbons (Fsp3) is 0.316. The summed E-state index contributed by atoms with van der Waals surface area (Å²) in [6, 6.07) is 8.27. The molecule has 0 aromatic heterocycles. The third-order valence-corrected chi connectivity index (χ3v) is 4.43. The van der Waals surface area contributed by atoms with E-state index in [0.717, 1.165) is 0 Å². The van der Waals surface area contributed by atoms with Crippen LogP contribution in [0.1, 0.15) is 37.8 Å². The maximum absolute atomic E-state index is 12.0. The summed E-state index contributed by atoms with van der Waals surface area (Å²) in [7, 11) is 0. The maximum Gasteiger partial charge on any atom is 0.334 e. The van der Waals surface area contributed by atoms with E-state index in [1.807, 2.05) is 6.07 Å². The molecule has 0 unspecified atom stereocenters. The molecule has 7 nitrogen and oxygen atoms in total. The Morgan fingerprint density at radius 1 is 1.12 bits per heavy atom. The zero-order valence-electron chi connectivity index (χ0n) is 14.8. The molecule has 0 aliphatic carbocycles. The van der Waals surface area contributed by atoms with Crippen LogP contribution in [0.3, 0.4) is 0 Å². The highest BCUT2D eigenvalue weighted by Gasteiger charge is 2.39. The van der Waals surface area contributed by atoms with Crippen molar-refractivity contribution in [2.75, 3.05) is 13.3 Å². The van der Waals surface area contributed by atoms with Crippen molar-refractivity contribution in [1.82, 2.24) is 4.90 Å². The minimum Gasteiger partial charge on any atom is -0.478 e. The molecule has 0 spiro atoms. The summed E-state index contributed by atoms with van der Waals surface area (Å²) in [5.41, 5.74) is 1.76. The second-order valence-corrected chi connectivity index (χ2v) is 5.83. The summed E-state index contributed by atoms with van der Waals surface area (Å²) in [6.45, 7) is 5.57. The summed E-state index contributed by atoms with van der Waals surface area (Å²) < 4.78 is 5.38. The third-order valence-electron chi connectivity index (χ3n) is 4.43. The first-order chi connectivity index (χ1) is 12.3. The van der Waals surface area contributed by atoms with Crippen LogP contribution in [0.4, 0.5) is 0 Å². The third kappa shape index (κ3) is 3.46. The lowest BCUT2D eigenvalue weighted by Gasteiger charge is -2.36. The number of nitriles is 1.